The van der Waals surface area contributed by atoms with E-state index in [0.29, 0.717) is 12.1 Å². The molecule has 0 amide bonds. The van der Waals surface area contributed by atoms with Crippen LogP contribution in [0.25, 0.3) is 11.0 Å². The number of hydrogen-bond acceptors (Lipinski definition) is 8. The molecule has 0 unspecified atom stereocenters. The van der Waals surface area contributed by atoms with E-state index in [4.69, 9.17) is 14.5 Å². The van der Waals surface area contributed by atoms with Gasteiger partial charge >= 0.3 is 0 Å². The molecule has 5 rings (SSSR count). The Morgan fingerprint density at radius 2 is 1.90 bits per heavy atom. The summed E-state index contributed by atoms with van der Waals surface area (Å²) >= 11 is 0. The van der Waals surface area contributed by atoms with Crippen molar-refractivity contribution in [2.75, 3.05) is 43.6 Å². The van der Waals surface area contributed by atoms with E-state index in [1.165, 1.54) is 0 Å². The molecule has 0 aliphatic carbocycles. The fraction of sp³-hybridized carbons (Fsp3) is 0.524. The van der Waals surface area contributed by atoms with Gasteiger partial charge in [0.15, 0.2) is 0 Å². The maximum Gasteiger partial charge on any atom is 0.227 e. The van der Waals surface area contributed by atoms with E-state index in [9.17, 15) is 0 Å². The van der Waals surface area contributed by atoms with Crippen LogP contribution in [-0.2, 0) is 9.47 Å². The highest BCUT2D eigenvalue weighted by molar-refractivity contribution is 5.78. The molecule has 158 valence electrons. The Labute approximate surface area is 175 Å². The molecule has 0 bridgehead atoms. The van der Waals surface area contributed by atoms with Gasteiger partial charge in [-0.25, -0.2) is 15.0 Å². The first-order valence-electron chi connectivity index (χ1n) is 10.6. The van der Waals surface area contributed by atoms with Crippen molar-refractivity contribution < 1.29 is 9.47 Å². The normalized spacial score (nSPS) is 18.8. The van der Waals surface area contributed by atoms with Crippen molar-refractivity contribution in [3.05, 3.63) is 30.9 Å². The van der Waals surface area contributed by atoms with Crippen LogP contribution in [0.2, 0.25) is 0 Å². The highest BCUT2D eigenvalue weighted by atomic mass is 16.5. The molecular formula is C21H27N7O2. The van der Waals surface area contributed by atoms with E-state index >= 15 is 0 Å². The first-order valence-corrected chi connectivity index (χ1v) is 10.6. The molecule has 0 spiro atoms. The molecule has 9 heteroatoms. The molecular weight excluding hydrogens is 382 g/mol. The van der Waals surface area contributed by atoms with E-state index in [2.05, 4.69) is 29.7 Å². The second-order valence-corrected chi connectivity index (χ2v) is 7.84. The lowest BCUT2D eigenvalue weighted by Crippen LogP contribution is -2.37. The predicted octanol–water partition coefficient (Wildman–Crippen LogP) is 2.93. The first-order chi connectivity index (χ1) is 14.8. The smallest absolute Gasteiger partial charge is 0.227 e. The minimum absolute atomic E-state index is 0.332. The Morgan fingerprint density at radius 1 is 1.07 bits per heavy atom. The third-order valence-corrected chi connectivity index (χ3v) is 6.00. The number of pyridine rings is 1. The summed E-state index contributed by atoms with van der Waals surface area (Å²) in [4.78, 5) is 20.4. The highest BCUT2D eigenvalue weighted by Gasteiger charge is 2.21. The van der Waals surface area contributed by atoms with Gasteiger partial charge < -0.3 is 24.3 Å². The number of nitrogens with zero attached hydrogens (tertiary/aromatic N) is 6. The quantitative estimate of drug-likeness (QED) is 0.688. The van der Waals surface area contributed by atoms with Gasteiger partial charge in [-0.15, -0.1) is 0 Å². The number of aromatic nitrogens is 5. The Morgan fingerprint density at radius 3 is 2.70 bits per heavy atom. The second-order valence-electron chi connectivity index (χ2n) is 7.84. The van der Waals surface area contributed by atoms with Crippen molar-refractivity contribution in [2.24, 2.45) is 0 Å². The van der Waals surface area contributed by atoms with Crippen molar-refractivity contribution in [1.29, 1.82) is 0 Å². The SMILES string of the molecule is COC1CCN(c2nccc(Nc3cc4c(cn3)ncn4C3CCOCC3)n2)CC1. The lowest BCUT2D eigenvalue weighted by Gasteiger charge is -2.31. The number of imidazole rings is 1. The van der Waals surface area contributed by atoms with Crippen LogP contribution in [0.4, 0.5) is 17.6 Å². The van der Waals surface area contributed by atoms with Crippen molar-refractivity contribution in [3.8, 4) is 0 Å². The zero-order chi connectivity index (χ0) is 20.3. The van der Waals surface area contributed by atoms with E-state index in [1.54, 1.807) is 13.3 Å². The molecule has 2 aliphatic heterocycles. The molecule has 0 radical (unpaired) electrons. The summed E-state index contributed by atoms with van der Waals surface area (Å²) in [5, 5.41) is 3.34. The minimum Gasteiger partial charge on any atom is -0.381 e. The van der Waals surface area contributed by atoms with Gasteiger partial charge in [0.1, 0.15) is 17.2 Å². The van der Waals surface area contributed by atoms with Gasteiger partial charge in [0, 0.05) is 51.7 Å². The van der Waals surface area contributed by atoms with Gasteiger partial charge in [0.25, 0.3) is 0 Å². The lowest BCUT2D eigenvalue weighted by molar-refractivity contribution is 0.0706. The van der Waals surface area contributed by atoms with Crippen LogP contribution in [0.3, 0.4) is 0 Å². The number of piperidine rings is 1. The number of hydrogen-bond donors (Lipinski definition) is 1. The molecule has 2 saturated heterocycles. The van der Waals surface area contributed by atoms with Crippen LogP contribution >= 0.6 is 0 Å². The van der Waals surface area contributed by atoms with Gasteiger partial charge in [-0.2, -0.15) is 4.98 Å². The summed E-state index contributed by atoms with van der Waals surface area (Å²) in [6.45, 7) is 3.39. The largest absolute Gasteiger partial charge is 0.381 e. The zero-order valence-corrected chi connectivity index (χ0v) is 17.2. The lowest BCUT2D eigenvalue weighted by atomic mass is 10.1. The molecule has 3 aromatic heterocycles. The highest BCUT2D eigenvalue weighted by Crippen LogP contribution is 2.27. The van der Waals surface area contributed by atoms with E-state index in [-0.39, 0.29) is 0 Å². The third kappa shape index (κ3) is 3.95. The van der Waals surface area contributed by atoms with E-state index in [1.807, 2.05) is 24.7 Å². The summed E-state index contributed by atoms with van der Waals surface area (Å²) in [5.74, 6) is 2.22. The van der Waals surface area contributed by atoms with Gasteiger partial charge in [0.2, 0.25) is 5.95 Å². The van der Waals surface area contributed by atoms with Crippen LogP contribution in [0.1, 0.15) is 31.7 Å². The van der Waals surface area contributed by atoms with Crippen molar-refractivity contribution in [3.63, 3.8) is 0 Å². The Kier molecular flexibility index (Phi) is 5.46. The third-order valence-electron chi connectivity index (χ3n) is 6.00. The minimum atomic E-state index is 0.332. The van der Waals surface area contributed by atoms with Gasteiger partial charge in [-0.3, -0.25) is 0 Å². The van der Waals surface area contributed by atoms with Gasteiger partial charge in [0.05, 0.1) is 24.1 Å². The maximum absolute atomic E-state index is 5.50. The maximum atomic E-state index is 5.50. The topological polar surface area (TPSA) is 90.2 Å². The summed E-state index contributed by atoms with van der Waals surface area (Å²) in [7, 11) is 1.78. The molecule has 2 aliphatic rings. The molecule has 1 N–H and O–H groups in total. The standard InChI is InChI=1S/C21H27N7O2/c1-29-16-3-8-27(9-4-16)21-22-7-2-19(26-21)25-20-12-18-17(13-23-20)24-14-28(18)15-5-10-30-11-6-15/h2,7,12-16H,3-6,8-11H2,1H3,(H,22,23,25,26). The van der Waals surface area contributed by atoms with E-state index in [0.717, 1.165) is 80.6 Å². The number of nitrogens with one attached hydrogen (secondary N) is 1. The fourth-order valence-corrected chi connectivity index (χ4v) is 4.25. The molecule has 9 nitrogen and oxygen atoms in total. The summed E-state index contributed by atoms with van der Waals surface area (Å²) in [5.41, 5.74) is 1.98. The Balaban J connectivity index is 1.34. The van der Waals surface area contributed by atoms with Crippen LogP contribution in [0.15, 0.2) is 30.9 Å². The van der Waals surface area contributed by atoms with Gasteiger partial charge in [-0.05, 0) is 31.7 Å². The molecule has 30 heavy (non-hydrogen) atoms. The zero-order valence-electron chi connectivity index (χ0n) is 17.2. The van der Waals surface area contributed by atoms with Crippen molar-refractivity contribution >= 4 is 28.6 Å². The number of fused-ring (bicyclic) bond motifs is 1. The number of ether oxygens (including phenoxy) is 2. The van der Waals surface area contributed by atoms with Crippen LogP contribution < -0.4 is 10.2 Å². The van der Waals surface area contributed by atoms with Crippen molar-refractivity contribution in [2.45, 2.75) is 37.8 Å². The molecule has 5 heterocycles. The van der Waals surface area contributed by atoms with Gasteiger partial charge in [-0.1, -0.05) is 0 Å². The average molecular weight is 409 g/mol. The van der Waals surface area contributed by atoms with Crippen molar-refractivity contribution in [1.82, 2.24) is 24.5 Å². The average Bonchev–Trinajstić information content (AvgIpc) is 3.23. The number of anilines is 3. The second kappa shape index (κ2) is 8.53. The van der Waals surface area contributed by atoms with E-state index < -0.39 is 0 Å². The molecule has 3 aromatic rings. The molecule has 0 saturated carbocycles. The number of methoxy groups -OCH3 is 1. The predicted molar refractivity (Wildman–Crippen MR) is 114 cm³/mol. The number of rotatable bonds is 5. The Hall–Kier alpha value is -2.78. The van der Waals surface area contributed by atoms with Crippen LogP contribution in [-0.4, -0.2) is 64.0 Å². The molecule has 0 aromatic carbocycles. The van der Waals surface area contributed by atoms with Crippen LogP contribution in [0, 0.1) is 0 Å². The molecule has 0 atom stereocenters. The summed E-state index contributed by atoms with van der Waals surface area (Å²) < 4.78 is 13.2. The molecule has 2 fully saturated rings. The fourth-order valence-electron chi connectivity index (χ4n) is 4.25. The Bertz CT molecular complexity index is 994. The monoisotopic (exact) mass is 409 g/mol. The first kappa shape index (κ1) is 19.2. The van der Waals surface area contributed by atoms with Crippen LogP contribution in [0.5, 0.6) is 0 Å². The summed E-state index contributed by atoms with van der Waals surface area (Å²) in [6, 6.07) is 4.33. The summed E-state index contributed by atoms with van der Waals surface area (Å²) in [6.07, 6.45) is 9.84.